The molecule has 0 unspecified atom stereocenters. The van der Waals surface area contributed by atoms with Crippen LogP contribution in [0.15, 0.2) is 66.7 Å². The van der Waals surface area contributed by atoms with E-state index in [9.17, 15) is 15.0 Å². The van der Waals surface area contributed by atoms with Crippen molar-refractivity contribution in [2.24, 2.45) is 5.92 Å². The molecule has 12 heteroatoms. The summed E-state index contributed by atoms with van der Waals surface area (Å²) in [5.41, 5.74) is 18.1. The van der Waals surface area contributed by atoms with Crippen molar-refractivity contribution in [1.29, 1.82) is 0 Å². The molecule has 9 rings (SSSR count). The van der Waals surface area contributed by atoms with Crippen LogP contribution in [0, 0.1) is 17.8 Å². The second-order valence-corrected chi connectivity index (χ2v) is 19.0. The van der Waals surface area contributed by atoms with Gasteiger partial charge in [0.15, 0.2) is 11.5 Å². The summed E-state index contributed by atoms with van der Waals surface area (Å²) in [4.78, 5) is 17.7. The number of anilines is 2. The van der Waals surface area contributed by atoms with Crippen LogP contribution in [0.3, 0.4) is 0 Å². The number of hydrogen-bond acceptors (Lipinski definition) is 12. The lowest BCUT2D eigenvalue weighted by atomic mass is 9.64. The van der Waals surface area contributed by atoms with Crippen LogP contribution in [0.25, 0.3) is 11.1 Å². The number of nitrogens with zero attached hydrogens (tertiary/aromatic N) is 1. The van der Waals surface area contributed by atoms with Gasteiger partial charge < -0.3 is 50.8 Å². The van der Waals surface area contributed by atoms with Crippen molar-refractivity contribution in [2.45, 2.75) is 102 Å². The molecule has 0 radical (unpaired) electrons. The third-order valence-electron chi connectivity index (χ3n) is 14.8. The Kier molecular flexibility index (Phi) is 13.5. The van der Waals surface area contributed by atoms with Crippen LogP contribution in [0.5, 0.6) is 28.7 Å². The number of carbonyl (C=O) groups is 1. The van der Waals surface area contributed by atoms with E-state index in [1.165, 1.54) is 12.5 Å². The van der Waals surface area contributed by atoms with Gasteiger partial charge in [0.2, 0.25) is 0 Å². The minimum Gasteiger partial charge on any atom is -0.508 e. The minimum atomic E-state index is -0.636. The molecule has 1 aromatic heterocycles. The molecule has 1 spiro atoms. The molecule has 7 N–H and O–H groups in total. The number of phenols is 2. The highest BCUT2D eigenvalue weighted by molar-refractivity contribution is 5.84. The predicted octanol–water partition coefficient (Wildman–Crippen LogP) is 8.63. The molecule has 68 heavy (non-hydrogen) atoms. The maximum Gasteiger partial charge on any atom is 0.302 e. The monoisotopic (exact) mass is 919 g/mol. The Bertz CT molecular complexity index is 2770. The van der Waals surface area contributed by atoms with Gasteiger partial charge in [-0.3, -0.25) is 4.79 Å². The van der Waals surface area contributed by atoms with Gasteiger partial charge in [0, 0.05) is 72.4 Å². The number of pyridine rings is 1. The van der Waals surface area contributed by atoms with Crippen LogP contribution >= 0.6 is 0 Å². The number of ether oxygens (including phenoxy) is 4. The quantitative estimate of drug-likeness (QED) is 0.0438. The van der Waals surface area contributed by atoms with E-state index in [0.717, 1.165) is 107 Å². The van der Waals surface area contributed by atoms with Gasteiger partial charge in [-0.2, -0.15) is 0 Å². The van der Waals surface area contributed by atoms with E-state index in [2.05, 4.69) is 84.1 Å². The molecule has 5 aromatic rings. The Morgan fingerprint density at radius 3 is 2.53 bits per heavy atom. The number of fused-ring (bicyclic) bond motifs is 7. The van der Waals surface area contributed by atoms with Crippen LogP contribution < -0.4 is 35.9 Å². The molecule has 12 nitrogen and oxygen atoms in total. The summed E-state index contributed by atoms with van der Waals surface area (Å²) in [7, 11) is 5.38. The van der Waals surface area contributed by atoms with Crippen LogP contribution in [0.4, 0.5) is 11.5 Å². The number of benzene rings is 4. The number of aryl methyl sites for hydroxylation is 2. The molecule has 2 aliphatic heterocycles. The summed E-state index contributed by atoms with van der Waals surface area (Å²) in [6.07, 6.45) is 5.09. The van der Waals surface area contributed by atoms with E-state index < -0.39 is 17.4 Å². The molecule has 4 bridgehead atoms. The van der Waals surface area contributed by atoms with Crippen molar-refractivity contribution in [1.82, 2.24) is 15.6 Å². The first-order valence-corrected chi connectivity index (χ1v) is 24.3. The fraction of sp³-hybridized carbons (Fsp3) is 0.429. The van der Waals surface area contributed by atoms with Crippen LogP contribution in [-0.2, 0) is 40.6 Å². The van der Waals surface area contributed by atoms with E-state index in [1.807, 2.05) is 26.2 Å². The van der Waals surface area contributed by atoms with Crippen molar-refractivity contribution >= 4 is 17.5 Å². The molecule has 4 aliphatic rings. The van der Waals surface area contributed by atoms with Gasteiger partial charge in [-0.1, -0.05) is 43.2 Å². The second-order valence-electron chi connectivity index (χ2n) is 19.0. The first-order chi connectivity index (χ1) is 33.0. The highest BCUT2D eigenvalue weighted by Crippen LogP contribution is 2.63. The molecule has 4 aromatic carbocycles. The number of para-hydroxylation sites is 1. The molecule has 3 heterocycles. The van der Waals surface area contributed by atoms with Crippen molar-refractivity contribution in [3.05, 3.63) is 117 Å². The van der Waals surface area contributed by atoms with E-state index in [-0.39, 0.29) is 48.4 Å². The van der Waals surface area contributed by atoms with E-state index in [1.54, 1.807) is 19.2 Å². The Balaban J connectivity index is 1.29. The molecule has 2 aliphatic carbocycles. The molecule has 0 amide bonds. The van der Waals surface area contributed by atoms with Crippen molar-refractivity contribution in [3.63, 3.8) is 0 Å². The molecule has 1 fully saturated rings. The maximum absolute atomic E-state index is 12.6. The smallest absolute Gasteiger partial charge is 0.302 e. The third-order valence-corrected chi connectivity index (χ3v) is 14.8. The molecule has 5 atom stereocenters. The van der Waals surface area contributed by atoms with Crippen LogP contribution in [0.2, 0.25) is 0 Å². The van der Waals surface area contributed by atoms with E-state index in [0.29, 0.717) is 42.5 Å². The van der Waals surface area contributed by atoms with Crippen molar-refractivity contribution in [3.8, 4) is 51.7 Å². The first-order valence-electron chi connectivity index (χ1n) is 24.3. The largest absolute Gasteiger partial charge is 0.508 e. The number of phenolic OH excluding ortho intramolecular Hbond substituents is 2. The molecule has 1 saturated carbocycles. The fourth-order valence-corrected chi connectivity index (χ4v) is 11.9. The summed E-state index contributed by atoms with van der Waals surface area (Å²) < 4.78 is 26.0. The number of likely N-dealkylation sites (N-methyl/N-ethyl adjacent to an activating group) is 2. The third kappa shape index (κ3) is 8.78. The zero-order chi connectivity index (χ0) is 47.7. The van der Waals surface area contributed by atoms with Crippen molar-refractivity contribution < 1.29 is 34.0 Å². The Morgan fingerprint density at radius 2 is 1.78 bits per heavy atom. The number of hydrogen-bond donors (Lipinski definition) is 6. The summed E-state index contributed by atoms with van der Waals surface area (Å²) in [6.45, 7) is 7.66. The number of carbonyl (C=O) groups excluding carboxylic acids is 1. The van der Waals surface area contributed by atoms with Gasteiger partial charge >= 0.3 is 5.97 Å². The number of esters is 1. The summed E-state index contributed by atoms with van der Waals surface area (Å²) in [6, 6.07) is 22.4. The number of rotatable bonds is 15. The van der Waals surface area contributed by atoms with Gasteiger partial charge in [0.1, 0.15) is 47.6 Å². The Hall–Kier alpha value is -6.42. The number of aromatic hydroxyl groups is 2. The van der Waals surface area contributed by atoms with Gasteiger partial charge in [0.25, 0.3) is 0 Å². The highest BCUT2D eigenvalue weighted by atomic mass is 16.5. The topological polar surface area (TPSA) is 169 Å². The number of methoxy groups -OCH3 is 1. The normalized spacial score (nSPS) is 20.7. The SMILES string of the molecule is CCNc1ccccc1CC[C@H]1c2cc(CC)c(N)nc2C#CCc2cc(O)c(OC(CNC)CNC)cc2[C@H]2Oc3c(ccc4c3[C@]3(CC[C@@H]1C3)Cc1cc(O)cc(OC)c1-4)[C@@H]2COC(C)=O. The second kappa shape index (κ2) is 19.7. The molecule has 356 valence electrons. The van der Waals surface area contributed by atoms with E-state index >= 15 is 0 Å². The number of nitrogen functional groups attached to an aromatic ring is 1. The highest BCUT2D eigenvalue weighted by Gasteiger charge is 2.52. The maximum atomic E-state index is 12.6. The number of aromatic nitrogens is 1. The lowest BCUT2D eigenvalue weighted by Crippen LogP contribution is -2.37. The minimum absolute atomic E-state index is 0.0124. The van der Waals surface area contributed by atoms with Gasteiger partial charge in [0.05, 0.1) is 13.0 Å². The van der Waals surface area contributed by atoms with Crippen molar-refractivity contribution in [2.75, 3.05) is 58.5 Å². The lowest BCUT2D eigenvalue weighted by molar-refractivity contribution is -0.141. The summed E-state index contributed by atoms with van der Waals surface area (Å²) >= 11 is 0. The molecule has 0 saturated heterocycles. The average Bonchev–Trinajstić information content (AvgIpc) is 3.91. The number of nitrogens with one attached hydrogen (secondary N) is 3. The van der Waals surface area contributed by atoms with Crippen LogP contribution in [-0.4, -0.2) is 74.7 Å². The Morgan fingerprint density at radius 1 is 0.971 bits per heavy atom. The standard InChI is InChI=1S/C56H65N5O7/c1-7-33-23-44-40(17-16-34-12-9-10-14-46(34)60-8-2)36-20-21-56(27-36)28-37-22-38(63)25-50(65-6)51(37)42-19-18-41-45(31-66-32(3)62)53(68-54(41)52(42)56)43-26-49(67-39(29-58-4)30-59-5)48(64)24-35(43)13-11-15-47(44)61-55(33)57/h9-10,12,14,18-19,22-26,36,39-40,45,53,58-60,63-64H,7-8,13,16-17,20-21,27-31H2,1-6H3,(H2,57,61)/t36-,40-,45+,53-,56+/m1/s1. The van der Waals surface area contributed by atoms with Gasteiger partial charge in [-0.15, -0.1) is 0 Å². The van der Waals surface area contributed by atoms with Gasteiger partial charge in [-0.05, 0) is 147 Å². The van der Waals surface area contributed by atoms with E-state index in [4.69, 9.17) is 29.7 Å². The fourth-order valence-electron chi connectivity index (χ4n) is 11.9. The number of nitrogens with two attached hydrogens (primary N) is 1. The Labute approximate surface area is 400 Å². The lowest BCUT2D eigenvalue weighted by Gasteiger charge is -2.40. The molecular formula is C56H65N5O7. The predicted molar refractivity (Wildman–Crippen MR) is 266 cm³/mol. The first kappa shape index (κ1) is 46.7. The molecular weight excluding hydrogens is 855 g/mol. The average molecular weight is 920 g/mol. The summed E-state index contributed by atoms with van der Waals surface area (Å²) in [5.74, 6) is 8.86. The van der Waals surface area contributed by atoms with Gasteiger partial charge in [-0.25, -0.2) is 4.98 Å². The zero-order valence-corrected chi connectivity index (χ0v) is 40.2. The summed E-state index contributed by atoms with van der Waals surface area (Å²) in [5, 5.41) is 32.9. The van der Waals surface area contributed by atoms with Crippen LogP contribution in [0.1, 0.15) is 115 Å². The zero-order valence-electron chi connectivity index (χ0n) is 40.2.